The van der Waals surface area contributed by atoms with Crippen LogP contribution in [0.1, 0.15) is 26.0 Å². The normalized spacial score (nSPS) is 16.7. The summed E-state index contributed by atoms with van der Waals surface area (Å²) in [6, 6.07) is 3.56. The SMILES string of the molecule is CCC(C)(O)c1ccco1. The Balaban J connectivity index is 2.85. The van der Waals surface area contributed by atoms with Gasteiger partial charge in [0.2, 0.25) is 0 Å². The van der Waals surface area contributed by atoms with Gasteiger partial charge in [0.25, 0.3) is 0 Å². The predicted molar refractivity (Wildman–Crippen MR) is 38.6 cm³/mol. The third-order valence-electron chi connectivity index (χ3n) is 1.74. The Bertz CT molecular complexity index is 187. The van der Waals surface area contributed by atoms with Gasteiger partial charge >= 0.3 is 0 Å². The summed E-state index contributed by atoms with van der Waals surface area (Å²) in [5.41, 5.74) is -0.802. The van der Waals surface area contributed by atoms with Crippen molar-refractivity contribution in [3.8, 4) is 0 Å². The molecule has 10 heavy (non-hydrogen) atoms. The highest BCUT2D eigenvalue weighted by Gasteiger charge is 2.22. The van der Waals surface area contributed by atoms with E-state index in [-0.39, 0.29) is 0 Å². The highest BCUT2D eigenvalue weighted by atomic mass is 16.4. The van der Waals surface area contributed by atoms with E-state index in [1.807, 2.05) is 6.92 Å². The van der Waals surface area contributed by atoms with E-state index in [1.165, 1.54) is 0 Å². The van der Waals surface area contributed by atoms with Gasteiger partial charge in [-0.15, -0.1) is 0 Å². The third kappa shape index (κ3) is 1.21. The van der Waals surface area contributed by atoms with E-state index in [0.29, 0.717) is 12.2 Å². The van der Waals surface area contributed by atoms with Gasteiger partial charge in [-0.25, -0.2) is 0 Å². The second-order valence-electron chi connectivity index (χ2n) is 2.60. The molecule has 1 rings (SSSR count). The quantitative estimate of drug-likeness (QED) is 0.680. The van der Waals surface area contributed by atoms with E-state index in [1.54, 1.807) is 25.3 Å². The summed E-state index contributed by atoms with van der Waals surface area (Å²) in [6.45, 7) is 3.66. The predicted octanol–water partition coefficient (Wildman–Crippen LogP) is 1.90. The molecule has 1 atom stereocenters. The highest BCUT2D eigenvalue weighted by Crippen LogP contribution is 2.23. The molecule has 0 spiro atoms. The Hall–Kier alpha value is -0.760. The number of hydrogen-bond acceptors (Lipinski definition) is 2. The van der Waals surface area contributed by atoms with Crippen LogP contribution >= 0.6 is 0 Å². The molecule has 2 heteroatoms. The average Bonchev–Trinajstić information content (AvgIpc) is 2.38. The second kappa shape index (κ2) is 2.46. The van der Waals surface area contributed by atoms with Crippen molar-refractivity contribution >= 4 is 0 Å². The molecule has 0 amide bonds. The minimum atomic E-state index is -0.802. The first-order valence-corrected chi connectivity index (χ1v) is 3.43. The monoisotopic (exact) mass is 140 g/mol. The first kappa shape index (κ1) is 7.35. The van der Waals surface area contributed by atoms with Crippen molar-refractivity contribution in [3.05, 3.63) is 24.2 Å². The van der Waals surface area contributed by atoms with Crippen LogP contribution in [0.25, 0.3) is 0 Å². The molecule has 1 aromatic rings. The molecule has 1 aromatic heterocycles. The Morgan fingerprint density at radius 3 is 2.80 bits per heavy atom. The lowest BCUT2D eigenvalue weighted by Gasteiger charge is -2.17. The zero-order valence-corrected chi connectivity index (χ0v) is 6.29. The minimum absolute atomic E-state index is 0.634. The van der Waals surface area contributed by atoms with Gasteiger partial charge < -0.3 is 9.52 Å². The van der Waals surface area contributed by atoms with Gasteiger partial charge in [0, 0.05) is 0 Å². The molecule has 0 aromatic carbocycles. The molecule has 56 valence electrons. The fraction of sp³-hybridized carbons (Fsp3) is 0.500. The van der Waals surface area contributed by atoms with Crippen LogP contribution in [0.5, 0.6) is 0 Å². The zero-order valence-electron chi connectivity index (χ0n) is 6.29. The van der Waals surface area contributed by atoms with Crippen LogP contribution in [0.3, 0.4) is 0 Å². The lowest BCUT2D eigenvalue weighted by atomic mass is 10.0. The fourth-order valence-corrected chi connectivity index (χ4v) is 0.759. The van der Waals surface area contributed by atoms with Gasteiger partial charge in [0.15, 0.2) is 0 Å². The summed E-state index contributed by atoms with van der Waals surface area (Å²) >= 11 is 0. The largest absolute Gasteiger partial charge is 0.466 e. The standard InChI is InChI=1S/C8H12O2/c1-3-8(2,9)7-5-4-6-10-7/h4-6,9H,3H2,1-2H3. The third-order valence-corrected chi connectivity index (χ3v) is 1.74. The van der Waals surface area contributed by atoms with Crippen molar-refractivity contribution in [1.29, 1.82) is 0 Å². The molecule has 1 N–H and O–H groups in total. The fourth-order valence-electron chi connectivity index (χ4n) is 0.759. The van der Waals surface area contributed by atoms with E-state index in [9.17, 15) is 5.11 Å². The topological polar surface area (TPSA) is 33.4 Å². The van der Waals surface area contributed by atoms with E-state index in [0.717, 1.165) is 0 Å². The minimum Gasteiger partial charge on any atom is -0.466 e. The number of furan rings is 1. The van der Waals surface area contributed by atoms with Gasteiger partial charge in [-0.1, -0.05) is 6.92 Å². The Morgan fingerprint density at radius 2 is 2.40 bits per heavy atom. The molecular formula is C8H12O2. The Labute approximate surface area is 60.5 Å². The van der Waals surface area contributed by atoms with Crippen molar-refractivity contribution < 1.29 is 9.52 Å². The molecule has 0 saturated carbocycles. The number of rotatable bonds is 2. The van der Waals surface area contributed by atoms with Gasteiger partial charge in [-0.3, -0.25) is 0 Å². The van der Waals surface area contributed by atoms with Crippen molar-refractivity contribution in [1.82, 2.24) is 0 Å². The van der Waals surface area contributed by atoms with Crippen LogP contribution in [0.4, 0.5) is 0 Å². The molecule has 0 aliphatic rings. The Morgan fingerprint density at radius 1 is 1.70 bits per heavy atom. The molecule has 0 fully saturated rings. The van der Waals surface area contributed by atoms with E-state index >= 15 is 0 Å². The number of hydrogen-bond donors (Lipinski definition) is 1. The summed E-state index contributed by atoms with van der Waals surface area (Å²) < 4.78 is 5.04. The summed E-state index contributed by atoms with van der Waals surface area (Å²) in [6.07, 6.45) is 2.24. The Kier molecular flexibility index (Phi) is 1.81. The molecule has 1 unspecified atom stereocenters. The second-order valence-corrected chi connectivity index (χ2v) is 2.60. The molecule has 0 radical (unpaired) electrons. The van der Waals surface area contributed by atoms with Crippen LogP contribution < -0.4 is 0 Å². The maximum absolute atomic E-state index is 9.59. The number of aliphatic hydroxyl groups is 1. The smallest absolute Gasteiger partial charge is 0.135 e. The van der Waals surface area contributed by atoms with Crippen LogP contribution in [-0.2, 0) is 5.60 Å². The highest BCUT2D eigenvalue weighted by molar-refractivity contribution is 5.06. The summed E-state index contributed by atoms with van der Waals surface area (Å²) in [7, 11) is 0. The molecular weight excluding hydrogens is 128 g/mol. The van der Waals surface area contributed by atoms with Crippen LogP contribution in [-0.4, -0.2) is 5.11 Å². The van der Waals surface area contributed by atoms with E-state index < -0.39 is 5.60 Å². The van der Waals surface area contributed by atoms with Crippen molar-refractivity contribution in [2.75, 3.05) is 0 Å². The molecule has 0 aliphatic heterocycles. The van der Waals surface area contributed by atoms with Crippen LogP contribution in [0.15, 0.2) is 22.8 Å². The average molecular weight is 140 g/mol. The maximum Gasteiger partial charge on any atom is 0.135 e. The molecule has 0 aliphatic carbocycles. The molecule has 2 nitrogen and oxygen atoms in total. The van der Waals surface area contributed by atoms with Crippen LogP contribution in [0, 0.1) is 0 Å². The molecule has 1 heterocycles. The van der Waals surface area contributed by atoms with E-state index in [4.69, 9.17) is 4.42 Å². The summed E-state index contributed by atoms with van der Waals surface area (Å²) in [5.74, 6) is 0.634. The summed E-state index contributed by atoms with van der Waals surface area (Å²) in [4.78, 5) is 0. The van der Waals surface area contributed by atoms with Crippen molar-refractivity contribution in [2.45, 2.75) is 25.9 Å². The lowest BCUT2D eigenvalue weighted by Crippen LogP contribution is -2.18. The molecule has 0 bridgehead atoms. The van der Waals surface area contributed by atoms with Gasteiger partial charge in [-0.2, -0.15) is 0 Å². The molecule has 0 saturated heterocycles. The van der Waals surface area contributed by atoms with Crippen molar-refractivity contribution in [2.24, 2.45) is 0 Å². The first-order chi connectivity index (χ1) is 4.67. The zero-order chi connectivity index (χ0) is 7.61. The first-order valence-electron chi connectivity index (χ1n) is 3.43. The van der Waals surface area contributed by atoms with Gasteiger partial charge in [0.05, 0.1) is 6.26 Å². The lowest BCUT2D eigenvalue weighted by molar-refractivity contribution is 0.0302. The van der Waals surface area contributed by atoms with E-state index in [2.05, 4.69) is 0 Å². The van der Waals surface area contributed by atoms with Gasteiger partial charge in [-0.05, 0) is 25.5 Å². The van der Waals surface area contributed by atoms with Gasteiger partial charge in [0.1, 0.15) is 11.4 Å². The summed E-state index contributed by atoms with van der Waals surface area (Å²) in [5, 5.41) is 9.59. The van der Waals surface area contributed by atoms with Crippen LogP contribution in [0.2, 0.25) is 0 Å². The maximum atomic E-state index is 9.59. The van der Waals surface area contributed by atoms with Crippen molar-refractivity contribution in [3.63, 3.8) is 0 Å².